The average Bonchev–Trinajstić information content (AvgIpc) is 3.50. The Morgan fingerprint density at radius 1 is 1.25 bits per heavy atom. The first-order chi connectivity index (χ1) is 13.7. The van der Waals surface area contributed by atoms with Gasteiger partial charge in [0.1, 0.15) is 11.0 Å². The van der Waals surface area contributed by atoms with Gasteiger partial charge in [0.15, 0.2) is 0 Å². The molecule has 1 aliphatic heterocycles. The number of carbonyl (C=O) groups is 2. The van der Waals surface area contributed by atoms with Crippen molar-refractivity contribution in [1.29, 1.82) is 0 Å². The van der Waals surface area contributed by atoms with Gasteiger partial charge in [0, 0.05) is 17.6 Å². The van der Waals surface area contributed by atoms with E-state index in [4.69, 9.17) is 0 Å². The Kier molecular flexibility index (Phi) is 6.69. The molecular weight excluding hydrogens is 410 g/mol. The fourth-order valence-corrected chi connectivity index (χ4v) is 6.69. The zero-order valence-corrected chi connectivity index (χ0v) is 18.2. The molecule has 1 unspecified atom stereocenters. The Hall–Kier alpha value is -1.38. The summed E-state index contributed by atoms with van der Waals surface area (Å²) in [6.07, 6.45) is 6.66. The maximum atomic E-state index is 12.7. The third kappa shape index (κ3) is 4.78. The van der Waals surface area contributed by atoms with Gasteiger partial charge >= 0.3 is 0 Å². The van der Waals surface area contributed by atoms with Gasteiger partial charge in [-0.15, -0.1) is 34.4 Å². The van der Waals surface area contributed by atoms with Crippen LogP contribution < -0.4 is 5.32 Å². The van der Waals surface area contributed by atoms with Crippen molar-refractivity contribution >= 4 is 46.2 Å². The van der Waals surface area contributed by atoms with E-state index in [9.17, 15) is 9.59 Å². The molecule has 4 rings (SSSR count). The van der Waals surface area contributed by atoms with E-state index in [-0.39, 0.29) is 17.9 Å². The first-order valence-electron chi connectivity index (χ1n) is 9.84. The maximum absolute atomic E-state index is 12.7. The van der Waals surface area contributed by atoms with Gasteiger partial charge < -0.3 is 10.2 Å². The van der Waals surface area contributed by atoms with E-state index in [1.165, 1.54) is 25.7 Å². The number of aromatic nitrogens is 1. The van der Waals surface area contributed by atoms with Crippen molar-refractivity contribution in [2.75, 3.05) is 11.6 Å². The summed E-state index contributed by atoms with van der Waals surface area (Å²) in [5.74, 6) is 2.07. The molecular formula is C20H25N3O2S3. The minimum atomic E-state index is -0.350. The van der Waals surface area contributed by atoms with E-state index in [0.717, 1.165) is 22.0 Å². The molecule has 2 amide bonds. The molecule has 1 aliphatic carbocycles. The van der Waals surface area contributed by atoms with Crippen LogP contribution in [0.15, 0.2) is 22.9 Å². The first kappa shape index (κ1) is 19.9. The van der Waals surface area contributed by atoms with Crippen LogP contribution in [0.3, 0.4) is 0 Å². The molecule has 1 N–H and O–H groups in total. The van der Waals surface area contributed by atoms with Gasteiger partial charge in [-0.1, -0.05) is 31.7 Å². The zero-order chi connectivity index (χ0) is 19.3. The van der Waals surface area contributed by atoms with Crippen molar-refractivity contribution < 1.29 is 9.59 Å². The molecule has 2 aromatic heterocycles. The molecule has 2 aromatic rings. The Bertz CT molecular complexity index is 799. The lowest BCUT2D eigenvalue weighted by Gasteiger charge is -2.23. The predicted octanol–water partition coefficient (Wildman–Crippen LogP) is 4.36. The molecule has 0 radical (unpaired) electrons. The normalized spacial score (nSPS) is 20.0. The third-order valence-electron chi connectivity index (χ3n) is 5.47. The van der Waals surface area contributed by atoms with Crippen LogP contribution in [0.2, 0.25) is 0 Å². The SMILES string of the molecule is O=C(NCc1csc(-c2cccs2)n1)C1CSCN1C(=O)CCC1CCCC1. The number of thiazole rings is 1. The molecule has 0 aromatic carbocycles. The molecule has 150 valence electrons. The number of hydrogen-bond acceptors (Lipinski definition) is 6. The third-order valence-corrected chi connectivity index (χ3v) is 8.42. The molecule has 0 spiro atoms. The van der Waals surface area contributed by atoms with Crippen LogP contribution in [0.5, 0.6) is 0 Å². The van der Waals surface area contributed by atoms with Crippen molar-refractivity contribution in [3.05, 3.63) is 28.6 Å². The van der Waals surface area contributed by atoms with Gasteiger partial charge in [0.2, 0.25) is 11.8 Å². The summed E-state index contributed by atoms with van der Waals surface area (Å²) in [6, 6.07) is 3.71. The van der Waals surface area contributed by atoms with Crippen LogP contribution in [0.1, 0.15) is 44.2 Å². The van der Waals surface area contributed by atoms with E-state index in [2.05, 4.69) is 16.4 Å². The average molecular weight is 436 g/mol. The van der Waals surface area contributed by atoms with E-state index in [1.54, 1.807) is 39.3 Å². The number of thiophene rings is 1. The van der Waals surface area contributed by atoms with Gasteiger partial charge in [0.05, 0.1) is 23.0 Å². The number of rotatable bonds is 7. The number of nitrogens with zero attached hydrogens (tertiary/aromatic N) is 2. The zero-order valence-electron chi connectivity index (χ0n) is 15.8. The second-order valence-corrected chi connectivity index (χ2v) is 10.2. The number of thioether (sulfide) groups is 1. The van der Waals surface area contributed by atoms with Gasteiger partial charge in [-0.3, -0.25) is 9.59 Å². The van der Waals surface area contributed by atoms with E-state index >= 15 is 0 Å². The lowest BCUT2D eigenvalue weighted by molar-refractivity contribution is -0.138. The highest BCUT2D eigenvalue weighted by Gasteiger charge is 2.34. The number of hydrogen-bond donors (Lipinski definition) is 1. The van der Waals surface area contributed by atoms with Gasteiger partial charge in [0.25, 0.3) is 0 Å². The van der Waals surface area contributed by atoms with Crippen molar-refractivity contribution in [3.63, 3.8) is 0 Å². The summed E-state index contributed by atoms with van der Waals surface area (Å²) in [5.41, 5.74) is 0.867. The second kappa shape index (κ2) is 9.41. The van der Waals surface area contributed by atoms with Crippen LogP contribution >= 0.6 is 34.4 Å². The minimum absolute atomic E-state index is 0.0649. The molecule has 0 bridgehead atoms. The van der Waals surface area contributed by atoms with Crippen molar-refractivity contribution in [1.82, 2.24) is 15.2 Å². The topological polar surface area (TPSA) is 62.3 Å². The smallest absolute Gasteiger partial charge is 0.244 e. The first-order valence-corrected chi connectivity index (χ1v) is 12.8. The summed E-state index contributed by atoms with van der Waals surface area (Å²) in [6.45, 7) is 0.409. The Balaban J connectivity index is 1.28. The van der Waals surface area contributed by atoms with Crippen LogP contribution in [0.25, 0.3) is 9.88 Å². The molecule has 3 heterocycles. The Morgan fingerprint density at radius 2 is 2.11 bits per heavy atom. The van der Waals surface area contributed by atoms with Gasteiger partial charge in [-0.2, -0.15) is 0 Å². The molecule has 2 fully saturated rings. The summed E-state index contributed by atoms with van der Waals surface area (Å²) < 4.78 is 0. The molecule has 2 aliphatic rings. The summed E-state index contributed by atoms with van der Waals surface area (Å²) >= 11 is 4.92. The quantitative estimate of drug-likeness (QED) is 0.702. The predicted molar refractivity (Wildman–Crippen MR) is 116 cm³/mol. The highest BCUT2D eigenvalue weighted by molar-refractivity contribution is 7.99. The highest BCUT2D eigenvalue weighted by atomic mass is 32.2. The summed E-state index contributed by atoms with van der Waals surface area (Å²) in [5, 5.41) is 7.99. The van der Waals surface area contributed by atoms with Crippen molar-refractivity contribution in [2.45, 2.75) is 51.1 Å². The van der Waals surface area contributed by atoms with Crippen LogP contribution in [-0.2, 0) is 16.1 Å². The largest absolute Gasteiger partial charge is 0.349 e. The van der Waals surface area contributed by atoms with Gasteiger partial charge in [-0.05, 0) is 23.8 Å². The molecule has 28 heavy (non-hydrogen) atoms. The van der Waals surface area contributed by atoms with Gasteiger partial charge in [-0.25, -0.2) is 4.98 Å². The monoisotopic (exact) mass is 435 g/mol. The number of carbonyl (C=O) groups excluding carboxylic acids is 2. The lowest BCUT2D eigenvalue weighted by Crippen LogP contribution is -2.47. The van der Waals surface area contributed by atoms with E-state index in [1.807, 2.05) is 16.8 Å². The molecule has 5 nitrogen and oxygen atoms in total. The van der Waals surface area contributed by atoms with Crippen LogP contribution in [0.4, 0.5) is 0 Å². The second-order valence-electron chi connectivity index (χ2n) is 7.41. The molecule has 1 atom stereocenters. The van der Waals surface area contributed by atoms with E-state index < -0.39 is 0 Å². The number of nitrogens with one attached hydrogen (secondary N) is 1. The highest BCUT2D eigenvalue weighted by Crippen LogP contribution is 2.30. The van der Waals surface area contributed by atoms with Crippen molar-refractivity contribution in [2.24, 2.45) is 5.92 Å². The standard InChI is InChI=1S/C20H25N3O2S3/c24-18(8-7-14-4-1-2-5-14)23-13-26-12-16(23)19(25)21-10-15-11-28-20(22-15)17-6-3-9-27-17/h3,6,9,11,14,16H,1-2,4-5,7-8,10,12-13H2,(H,21,25). The molecule has 1 saturated heterocycles. The van der Waals surface area contributed by atoms with Crippen molar-refractivity contribution in [3.8, 4) is 9.88 Å². The van der Waals surface area contributed by atoms with Crippen LogP contribution in [0, 0.1) is 5.92 Å². The van der Waals surface area contributed by atoms with Crippen LogP contribution in [-0.4, -0.2) is 39.4 Å². The number of amides is 2. The lowest BCUT2D eigenvalue weighted by atomic mass is 10.0. The maximum Gasteiger partial charge on any atom is 0.244 e. The Morgan fingerprint density at radius 3 is 2.89 bits per heavy atom. The molecule has 1 saturated carbocycles. The fourth-order valence-electron chi connectivity index (χ4n) is 3.87. The Labute approximate surface area is 177 Å². The molecule has 8 heteroatoms. The minimum Gasteiger partial charge on any atom is -0.349 e. The van der Waals surface area contributed by atoms with E-state index in [0.29, 0.717) is 30.5 Å². The summed E-state index contributed by atoms with van der Waals surface area (Å²) in [4.78, 5) is 32.9. The fraction of sp³-hybridized carbons (Fsp3) is 0.550. The summed E-state index contributed by atoms with van der Waals surface area (Å²) in [7, 11) is 0.